The quantitative estimate of drug-likeness (QED) is 0.530. The Kier molecular flexibility index (Phi) is 7.75. The molecule has 9 nitrogen and oxygen atoms in total. The van der Waals surface area contributed by atoms with Crippen molar-refractivity contribution in [2.45, 2.75) is 37.4 Å². The van der Waals surface area contributed by atoms with Crippen molar-refractivity contribution in [2.75, 3.05) is 26.7 Å². The van der Waals surface area contributed by atoms with Gasteiger partial charge in [0.2, 0.25) is 10.0 Å². The van der Waals surface area contributed by atoms with Gasteiger partial charge in [0, 0.05) is 61.9 Å². The molecule has 0 saturated heterocycles. The van der Waals surface area contributed by atoms with Crippen molar-refractivity contribution in [2.24, 2.45) is 5.92 Å². The average molecular weight is 498 g/mol. The fraction of sp³-hybridized carbons (Fsp3) is 0.400. The molecule has 2 aromatic heterocycles. The topological polar surface area (TPSA) is 109 Å². The minimum absolute atomic E-state index is 0.103. The number of ether oxygens (including phenoxy) is 1. The van der Waals surface area contributed by atoms with Gasteiger partial charge in [-0.1, -0.05) is 13.0 Å². The van der Waals surface area contributed by atoms with Gasteiger partial charge in [0.05, 0.1) is 6.61 Å². The molecule has 1 aliphatic rings. The summed E-state index contributed by atoms with van der Waals surface area (Å²) in [6.07, 6.45) is 8.15. The molecule has 3 atom stereocenters. The van der Waals surface area contributed by atoms with Crippen LogP contribution >= 0.6 is 0 Å². The zero-order valence-electron chi connectivity index (χ0n) is 20.2. The number of nitrogens with zero attached hydrogens (tertiary/aromatic N) is 5. The summed E-state index contributed by atoms with van der Waals surface area (Å²) in [6, 6.07) is 8.33. The highest BCUT2D eigenvalue weighted by atomic mass is 32.2. The Balaban J connectivity index is 1.72. The largest absolute Gasteiger partial charge is 0.487 e. The third-order valence-corrected chi connectivity index (χ3v) is 8.26. The molecule has 0 amide bonds. The number of fused-ring (bicyclic) bond motifs is 1. The molecule has 0 bridgehead atoms. The van der Waals surface area contributed by atoms with E-state index in [1.54, 1.807) is 49.9 Å². The van der Waals surface area contributed by atoms with Gasteiger partial charge in [-0.2, -0.15) is 4.31 Å². The lowest BCUT2D eigenvalue weighted by atomic mass is 10.0. The molecule has 1 N–H and O–H groups in total. The van der Waals surface area contributed by atoms with E-state index in [1.165, 1.54) is 10.6 Å². The van der Waals surface area contributed by atoms with Gasteiger partial charge >= 0.3 is 0 Å². The van der Waals surface area contributed by atoms with Crippen molar-refractivity contribution in [1.29, 1.82) is 0 Å². The zero-order valence-corrected chi connectivity index (χ0v) is 21.0. The number of aliphatic hydroxyl groups is 1. The summed E-state index contributed by atoms with van der Waals surface area (Å²) in [5, 5.41) is 9.82. The van der Waals surface area contributed by atoms with Gasteiger partial charge in [0.1, 0.15) is 23.1 Å². The molecule has 0 saturated carbocycles. The number of sulfonamides is 1. The van der Waals surface area contributed by atoms with Crippen LogP contribution < -0.4 is 4.74 Å². The number of likely N-dealkylation sites (N-methyl/N-ethyl adjacent to an activating group) is 1. The molecule has 1 aromatic carbocycles. The van der Waals surface area contributed by atoms with Crippen molar-refractivity contribution in [3.05, 3.63) is 67.0 Å². The first-order chi connectivity index (χ1) is 16.8. The molecule has 186 valence electrons. The van der Waals surface area contributed by atoms with Crippen LogP contribution in [0.15, 0.2) is 66.3 Å². The molecule has 3 aromatic rings. The summed E-state index contributed by atoms with van der Waals surface area (Å²) in [6.45, 7) is 4.86. The summed E-state index contributed by atoms with van der Waals surface area (Å²) in [5.41, 5.74) is 2.73. The van der Waals surface area contributed by atoms with Crippen LogP contribution in [0.2, 0.25) is 0 Å². The highest BCUT2D eigenvalue weighted by molar-refractivity contribution is 7.89. The molecule has 0 spiro atoms. The van der Waals surface area contributed by atoms with E-state index in [9.17, 15) is 13.5 Å². The summed E-state index contributed by atoms with van der Waals surface area (Å²) < 4.78 is 35.1. The van der Waals surface area contributed by atoms with Crippen molar-refractivity contribution in [1.82, 2.24) is 24.2 Å². The second kappa shape index (κ2) is 10.8. The minimum Gasteiger partial charge on any atom is -0.487 e. The van der Waals surface area contributed by atoms with Gasteiger partial charge in [0.15, 0.2) is 0 Å². The van der Waals surface area contributed by atoms with Gasteiger partial charge in [0.25, 0.3) is 0 Å². The highest BCUT2D eigenvalue weighted by Gasteiger charge is 2.38. The van der Waals surface area contributed by atoms with E-state index in [0.29, 0.717) is 18.8 Å². The molecular weight excluding hydrogens is 466 g/mol. The third kappa shape index (κ3) is 5.67. The summed E-state index contributed by atoms with van der Waals surface area (Å²) >= 11 is 0. The molecule has 3 heterocycles. The number of hydrogen-bond acceptors (Lipinski definition) is 8. The lowest BCUT2D eigenvalue weighted by Gasteiger charge is -2.37. The van der Waals surface area contributed by atoms with Crippen LogP contribution in [0.3, 0.4) is 0 Å². The molecule has 35 heavy (non-hydrogen) atoms. The van der Waals surface area contributed by atoms with Gasteiger partial charge in [-0.05, 0) is 49.4 Å². The van der Waals surface area contributed by atoms with Crippen LogP contribution in [-0.2, 0) is 16.6 Å². The molecule has 0 unspecified atom stereocenters. The number of pyridine rings is 1. The maximum atomic E-state index is 13.6. The Morgan fingerprint density at radius 1 is 1.14 bits per heavy atom. The Morgan fingerprint density at radius 2 is 1.86 bits per heavy atom. The number of hydrogen-bond donors (Lipinski definition) is 1. The first-order valence-corrected chi connectivity index (χ1v) is 13.0. The van der Waals surface area contributed by atoms with Gasteiger partial charge < -0.3 is 9.84 Å². The van der Waals surface area contributed by atoms with Crippen LogP contribution in [0.25, 0.3) is 11.1 Å². The minimum atomic E-state index is -3.88. The highest BCUT2D eigenvalue weighted by Crippen LogP contribution is 2.36. The maximum absolute atomic E-state index is 13.6. The molecule has 0 radical (unpaired) electrons. The molecule has 1 aliphatic heterocycles. The maximum Gasteiger partial charge on any atom is 0.247 e. The van der Waals surface area contributed by atoms with Crippen LogP contribution in [-0.4, -0.2) is 76.6 Å². The lowest BCUT2D eigenvalue weighted by Crippen LogP contribution is -2.49. The van der Waals surface area contributed by atoms with Crippen LogP contribution in [0, 0.1) is 5.92 Å². The number of aliphatic hydroxyl groups excluding tert-OH is 1. The van der Waals surface area contributed by atoms with Crippen molar-refractivity contribution in [3.63, 3.8) is 0 Å². The van der Waals surface area contributed by atoms with Crippen LogP contribution in [0.5, 0.6) is 5.75 Å². The normalized spacial score (nSPS) is 20.9. The first kappa shape index (κ1) is 25.2. The standard InChI is InChI=1S/C25H31N5O4S/c1-18-13-30(19(2)16-31)35(32,33)25-5-4-22(21-6-8-26-9-7-21)10-23(25)34-24(18)15-29(3)14-20-11-27-17-28-12-20/h4-12,17-19,24,31H,13-16H2,1-3H3/t18-,19+,24+/m1/s1. The van der Waals surface area contributed by atoms with E-state index in [0.717, 1.165) is 16.7 Å². The Labute approximate surface area is 206 Å². The predicted molar refractivity (Wildman–Crippen MR) is 132 cm³/mol. The van der Waals surface area contributed by atoms with Gasteiger partial charge in [-0.3, -0.25) is 9.88 Å². The second-order valence-corrected chi connectivity index (χ2v) is 10.9. The number of aromatic nitrogens is 3. The summed E-state index contributed by atoms with van der Waals surface area (Å²) in [5.74, 6) is 0.174. The van der Waals surface area contributed by atoms with Crippen LogP contribution in [0.1, 0.15) is 19.4 Å². The fourth-order valence-electron chi connectivity index (χ4n) is 4.26. The Bertz CT molecular complexity index is 1230. The summed E-state index contributed by atoms with van der Waals surface area (Å²) in [7, 11) is -1.89. The SMILES string of the molecule is C[C@@H]1CN([C@@H](C)CO)S(=O)(=O)c2ccc(-c3ccncc3)cc2O[C@H]1CN(C)Cc1cncnc1. The van der Waals surface area contributed by atoms with E-state index < -0.39 is 16.1 Å². The van der Waals surface area contributed by atoms with E-state index in [1.807, 2.05) is 26.1 Å². The number of rotatable bonds is 7. The molecule has 10 heteroatoms. The molecular formula is C25H31N5O4S. The van der Waals surface area contributed by atoms with Crippen molar-refractivity contribution in [3.8, 4) is 16.9 Å². The third-order valence-electron chi connectivity index (χ3n) is 6.24. The monoisotopic (exact) mass is 497 g/mol. The predicted octanol–water partition coefficient (Wildman–Crippen LogP) is 2.44. The Morgan fingerprint density at radius 3 is 2.54 bits per heavy atom. The van der Waals surface area contributed by atoms with E-state index in [2.05, 4.69) is 19.9 Å². The van der Waals surface area contributed by atoms with Crippen molar-refractivity contribution < 1.29 is 18.3 Å². The lowest BCUT2D eigenvalue weighted by molar-refractivity contribution is 0.0733. The van der Waals surface area contributed by atoms with Crippen molar-refractivity contribution >= 4 is 10.0 Å². The molecule has 4 rings (SSSR count). The smallest absolute Gasteiger partial charge is 0.247 e. The number of benzene rings is 1. The molecule has 0 fully saturated rings. The van der Waals surface area contributed by atoms with Crippen LogP contribution in [0.4, 0.5) is 0 Å². The average Bonchev–Trinajstić information content (AvgIpc) is 2.86. The van der Waals surface area contributed by atoms with E-state index in [4.69, 9.17) is 4.74 Å². The zero-order chi connectivity index (χ0) is 25.0. The van der Waals surface area contributed by atoms with E-state index in [-0.39, 0.29) is 30.1 Å². The van der Waals surface area contributed by atoms with E-state index >= 15 is 0 Å². The van der Waals surface area contributed by atoms with Gasteiger partial charge in [-0.25, -0.2) is 18.4 Å². The summed E-state index contributed by atoms with van der Waals surface area (Å²) in [4.78, 5) is 14.4. The Hall–Kier alpha value is -2.92. The fourth-order valence-corrected chi connectivity index (χ4v) is 6.09. The second-order valence-electron chi connectivity index (χ2n) is 9.08. The van der Waals surface area contributed by atoms with Gasteiger partial charge in [-0.15, -0.1) is 0 Å². The first-order valence-electron chi connectivity index (χ1n) is 11.6. The molecule has 0 aliphatic carbocycles.